The van der Waals surface area contributed by atoms with E-state index in [0.717, 1.165) is 66.2 Å². The average molecular weight is 553 g/mol. The lowest BCUT2D eigenvalue weighted by Gasteiger charge is -2.29. The molecule has 212 valence electrons. The van der Waals surface area contributed by atoms with E-state index in [0.29, 0.717) is 11.6 Å². The van der Waals surface area contributed by atoms with Crippen LogP contribution in [0.4, 0.5) is 0 Å². The smallest absolute Gasteiger partial charge is 0.148 e. The van der Waals surface area contributed by atoms with Crippen molar-refractivity contribution in [3.05, 3.63) is 53.3 Å². The van der Waals surface area contributed by atoms with E-state index in [9.17, 15) is 0 Å². The third-order valence-corrected chi connectivity index (χ3v) is 8.82. The fraction of sp³-hybridized carbons (Fsp3) is 0.594. The molecular weight excluding hydrogens is 508 g/mol. The van der Waals surface area contributed by atoms with Gasteiger partial charge in [-0.2, -0.15) is 0 Å². The zero-order valence-electron chi connectivity index (χ0n) is 23.8. The molecule has 0 amide bonds. The molecule has 2 aliphatic rings. The standard InChI is InChI=1S/C32H45ClN4O2/c1-35-20-16-25(17-21-35)9-6-22-38-30-11-3-10-29-32(30)34-31(24-39-28-14-12-27(33)13-15-28)37(29)19-5-8-26-7-4-18-36(2)23-26/h3,10-15,25-26H,4-9,16-24H2,1-2H3. The molecule has 1 atom stereocenters. The number of rotatable bonds is 12. The number of aromatic nitrogens is 2. The normalized spacial score (nSPS) is 19.5. The lowest BCUT2D eigenvalue weighted by molar-refractivity contribution is 0.198. The van der Waals surface area contributed by atoms with E-state index in [1.54, 1.807) is 0 Å². The van der Waals surface area contributed by atoms with Gasteiger partial charge < -0.3 is 23.8 Å². The summed E-state index contributed by atoms with van der Waals surface area (Å²) in [4.78, 5) is 9.98. The fourth-order valence-electron chi connectivity index (χ4n) is 6.28. The minimum Gasteiger partial charge on any atom is -0.491 e. The number of nitrogens with zero attached hydrogens (tertiary/aromatic N) is 4. The molecule has 6 nitrogen and oxygen atoms in total. The summed E-state index contributed by atoms with van der Waals surface area (Å²) in [6.07, 6.45) is 10.00. The molecule has 0 radical (unpaired) electrons. The van der Waals surface area contributed by atoms with Gasteiger partial charge >= 0.3 is 0 Å². The highest BCUT2D eigenvalue weighted by Gasteiger charge is 2.20. The quantitative estimate of drug-likeness (QED) is 0.229. The van der Waals surface area contributed by atoms with Crippen LogP contribution in [0, 0.1) is 11.8 Å². The van der Waals surface area contributed by atoms with Gasteiger partial charge in [0.1, 0.15) is 29.4 Å². The van der Waals surface area contributed by atoms with Crippen molar-refractivity contribution in [1.29, 1.82) is 0 Å². The average Bonchev–Trinajstić information content (AvgIpc) is 3.30. The number of hydrogen-bond donors (Lipinski definition) is 0. The maximum Gasteiger partial charge on any atom is 0.148 e. The van der Waals surface area contributed by atoms with E-state index < -0.39 is 0 Å². The van der Waals surface area contributed by atoms with Crippen LogP contribution in [0.2, 0.25) is 5.02 Å². The molecule has 2 aliphatic heterocycles. The molecule has 2 aromatic carbocycles. The van der Waals surface area contributed by atoms with Crippen molar-refractivity contribution in [1.82, 2.24) is 19.4 Å². The summed E-state index contributed by atoms with van der Waals surface area (Å²) >= 11 is 6.07. The number of ether oxygens (including phenoxy) is 2. The number of fused-ring (bicyclic) bond motifs is 1. The van der Waals surface area contributed by atoms with Crippen LogP contribution in [0.5, 0.6) is 11.5 Å². The van der Waals surface area contributed by atoms with Crippen molar-refractivity contribution >= 4 is 22.6 Å². The molecule has 1 aromatic heterocycles. The molecule has 3 heterocycles. The summed E-state index contributed by atoms with van der Waals surface area (Å²) in [6.45, 7) is 6.99. The minimum atomic E-state index is 0.415. The highest BCUT2D eigenvalue weighted by atomic mass is 35.5. The molecule has 0 bridgehead atoms. The van der Waals surface area contributed by atoms with Crippen molar-refractivity contribution < 1.29 is 9.47 Å². The first-order chi connectivity index (χ1) is 19.0. The summed E-state index contributed by atoms with van der Waals surface area (Å²) in [5, 5.41) is 0.709. The number of likely N-dealkylation sites (tertiary alicyclic amines) is 2. The third kappa shape index (κ3) is 7.90. The van der Waals surface area contributed by atoms with Gasteiger partial charge in [0.05, 0.1) is 12.1 Å². The van der Waals surface area contributed by atoms with E-state index in [-0.39, 0.29) is 0 Å². The van der Waals surface area contributed by atoms with E-state index in [1.165, 1.54) is 64.7 Å². The summed E-state index contributed by atoms with van der Waals surface area (Å²) < 4.78 is 14.8. The Morgan fingerprint density at radius 3 is 2.46 bits per heavy atom. The first-order valence-electron chi connectivity index (χ1n) is 14.9. The zero-order valence-corrected chi connectivity index (χ0v) is 24.5. The second kappa shape index (κ2) is 13.9. The summed E-state index contributed by atoms with van der Waals surface area (Å²) in [6, 6.07) is 13.9. The van der Waals surface area contributed by atoms with Gasteiger partial charge in [-0.15, -0.1) is 0 Å². The van der Waals surface area contributed by atoms with Gasteiger partial charge in [0.15, 0.2) is 0 Å². The van der Waals surface area contributed by atoms with E-state index in [2.05, 4.69) is 46.7 Å². The Labute approximate surface area is 239 Å². The number of piperidine rings is 2. The molecule has 5 rings (SSSR count). The van der Waals surface area contributed by atoms with Gasteiger partial charge in [-0.05, 0) is 133 Å². The molecule has 0 saturated carbocycles. The van der Waals surface area contributed by atoms with Crippen LogP contribution in [-0.2, 0) is 13.2 Å². The third-order valence-electron chi connectivity index (χ3n) is 8.57. The number of aryl methyl sites for hydroxylation is 1. The van der Waals surface area contributed by atoms with Crippen molar-refractivity contribution in [2.24, 2.45) is 11.8 Å². The Morgan fingerprint density at radius 1 is 0.872 bits per heavy atom. The zero-order chi connectivity index (χ0) is 27.0. The van der Waals surface area contributed by atoms with Crippen LogP contribution < -0.4 is 9.47 Å². The molecule has 7 heteroatoms. The Morgan fingerprint density at radius 2 is 1.67 bits per heavy atom. The van der Waals surface area contributed by atoms with Gasteiger partial charge in [0, 0.05) is 18.1 Å². The molecule has 1 unspecified atom stereocenters. The Hall–Kier alpha value is -2.28. The first kappa shape index (κ1) is 28.3. The Balaban J connectivity index is 1.25. The van der Waals surface area contributed by atoms with Crippen molar-refractivity contribution in [2.75, 3.05) is 46.9 Å². The second-order valence-corrected chi connectivity index (χ2v) is 12.1. The molecule has 3 aromatic rings. The predicted octanol–water partition coefficient (Wildman–Crippen LogP) is 6.89. The van der Waals surface area contributed by atoms with Gasteiger partial charge in [0.2, 0.25) is 0 Å². The molecule has 0 aliphatic carbocycles. The van der Waals surface area contributed by atoms with Crippen LogP contribution >= 0.6 is 11.6 Å². The number of hydrogen-bond acceptors (Lipinski definition) is 5. The topological polar surface area (TPSA) is 42.8 Å². The van der Waals surface area contributed by atoms with E-state index in [4.69, 9.17) is 26.1 Å². The molecule has 2 fully saturated rings. The van der Waals surface area contributed by atoms with E-state index >= 15 is 0 Å². The van der Waals surface area contributed by atoms with Crippen molar-refractivity contribution in [2.45, 2.75) is 64.5 Å². The van der Waals surface area contributed by atoms with Gasteiger partial charge in [0.25, 0.3) is 0 Å². The number of benzene rings is 2. The lowest BCUT2D eigenvalue weighted by atomic mass is 9.93. The first-order valence-corrected chi connectivity index (χ1v) is 15.3. The van der Waals surface area contributed by atoms with Gasteiger partial charge in [-0.25, -0.2) is 4.98 Å². The number of halogens is 1. The number of imidazole rings is 1. The predicted molar refractivity (Wildman–Crippen MR) is 160 cm³/mol. The largest absolute Gasteiger partial charge is 0.491 e. The summed E-state index contributed by atoms with van der Waals surface area (Å²) in [7, 11) is 4.47. The van der Waals surface area contributed by atoms with Crippen LogP contribution in [0.25, 0.3) is 11.0 Å². The van der Waals surface area contributed by atoms with Gasteiger partial charge in [-0.3, -0.25) is 0 Å². The minimum absolute atomic E-state index is 0.415. The summed E-state index contributed by atoms with van der Waals surface area (Å²) in [5.74, 6) is 4.25. The second-order valence-electron chi connectivity index (χ2n) is 11.7. The highest BCUT2D eigenvalue weighted by Crippen LogP contribution is 2.29. The van der Waals surface area contributed by atoms with E-state index in [1.807, 2.05) is 24.3 Å². The van der Waals surface area contributed by atoms with Crippen molar-refractivity contribution in [3.8, 4) is 11.5 Å². The molecular formula is C32H45ClN4O2. The summed E-state index contributed by atoms with van der Waals surface area (Å²) in [5.41, 5.74) is 2.09. The molecule has 0 spiro atoms. The number of para-hydroxylation sites is 1. The monoisotopic (exact) mass is 552 g/mol. The van der Waals surface area contributed by atoms with Crippen LogP contribution in [-0.4, -0.2) is 66.2 Å². The molecule has 0 N–H and O–H groups in total. The van der Waals surface area contributed by atoms with Crippen LogP contribution in [0.15, 0.2) is 42.5 Å². The van der Waals surface area contributed by atoms with Gasteiger partial charge in [-0.1, -0.05) is 17.7 Å². The Kier molecular flexibility index (Phi) is 10.0. The lowest BCUT2D eigenvalue weighted by Crippen LogP contribution is -2.32. The SMILES string of the molecule is CN1CCC(CCCOc2cccc3c2nc(COc2ccc(Cl)cc2)n3CCCC2CCCN(C)C2)CC1. The Bertz CT molecular complexity index is 1170. The maximum absolute atomic E-state index is 6.34. The van der Waals surface area contributed by atoms with Crippen molar-refractivity contribution in [3.63, 3.8) is 0 Å². The molecule has 2 saturated heterocycles. The highest BCUT2D eigenvalue weighted by molar-refractivity contribution is 6.30. The molecule has 39 heavy (non-hydrogen) atoms. The fourth-order valence-corrected chi connectivity index (χ4v) is 6.40. The van der Waals surface area contributed by atoms with Crippen LogP contribution in [0.3, 0.4) is 0 Å². The van der Waals surface area contributed by atoms with Crippen LogP contribution in [0.1, 0.15) is 57.2 Å². The maximum atomic E-state index is 6.34.